The number of nitrogens with zero attached hydrogens (tertiary/aromatic N) is 3. The summed E-state index contributed by atoms with van der Waals surface area (Å²) >= 11 is 0. The maximum atomic E-state index is 14.0. The van der Waals surface area contributed by atoms with Crippen molar-refractivity contribution in [3.8, 4) is 5.75 Å². The Kier molecular flexibility index (Phi) is 3.57. The van der Waals surface area contributed by atoms with Crippen molar-refractivity contribution in [3.05, 3.63) is 41.5 Å². The number of methoxy groups -OCH3 is 1. The molecule has 0 aliphatic heterocycles. The van der Waals surface area contributed by atoms with Crippen LogP contribution in [0.15, 0.2) is 24.4 Å². The van der Waals surface area contributed by atoms with E-state index in [0.29, 0.717) is 11.3 Å². The number of ether oxygens (including phenoxy) is 1. The monoisotopic (exact) mass is 250 g/mol. The Morgan fingerprint density at radius 3 is 2.72 bits per heavy atom. The number of aromatic nitrogens is 3. The first-order valence-electron chi connectivity index (χ1n) is 5.52. The van der Waals surface area contributed by atoms with E-state index >= 15 is 0 Å². The lowest BCUT2D eigenvalue weighted by Gasteiger charge is -2.17. The Morgan fingerprint density at radius 1 is 1.44 bits per heavy atom. The van der Waals surface area contributed by atoms with Crippen LogP contribution in [-0.4, -0.2) is 29.2 Å². The van der Waals surface area contributed by atoms with Gasteiger partial charge in [0.25, 0.3) is 0 Å². The van der Waals surface area contributed by atoms with Crippen LogP contribution in [0, 0.1) is 5.82 Å². The first-order valence-corrected chi connectivity index (χ1v) is 5.52. The van der Waals surface area contributed by atoms with Crippen LogP contribution in [0.4, 0.5) is 4.39 Å². The Bertz CT molecular complexity index is 541. The number of hydrogen-bond acceptors (Lipinski definition) is 4. The predicted molar refractivity (Wildman–Crippen MR) is 64.9 cm³/mol. The summed E-state index contributed by atoms with van der Waals surface area (Å²) in [6, 6.07) is 4.49. The van der Waals surface area contributed by atoms with Crippen molar-refractivity contribution in [1.29, 1.82) is 0 Å². The molecule has 0 aliphatic carbocycles. The molecule has 0 aliphatic rings. The van der Waals surface area contributed by atoms with Gasteiger partial charge >= 0.3 is 0 Å². The van der Waals surface area contributed by atoms with Crippen LogP contribution in [0.5, 0.6) is 5.75 Å². The van der Waals surface area contributed by atoms with Crippen molar-refractivity contribution < 1.29 is 9.13 Å². The highest BCUT2D eigenvalue weighted by molar-refractivity contribution is 5.34. The molecule has 0 spiro atoms. The average Bonchev–Trinajstić information content (AvgIpc) is 2.78. The second-order valence-corrected chi connectivity index (χ2v) is 3.89. The molecule has 1 heterocycles. The summed E-state index contributed by atoms with van der Waals surface area (Å²) in [5.74, 6) is 0.170. The van der Waals surface area contributed by atoms with Gasteiger partial charge in [0.1, 0.15) is 11.6 Å². The lowest BCUT2D eigenvalue weighted by atomic mass is 10.0. The summed E-state index contributed by atoms with van der Waals surface area (Å²) in [5.41, 5.74) is 1.32. The van der Waals surface area contributed by atoms with Gasteiger partial charge in [-0.15, -0.1) is 5.10 Å². The van der Waals surface area contributed by atoms with Crippen LogP contribution in [-0.2, 0) is 7.05 Å². The number of aryl methyl sites for hydroxylation is 1. The highest BCUT2D eigenvalue weighted by Crippen LogP contribution is 2.25. The van der Waals surface area contributed by atoms with Gasteiger partial charge in [-0.25, -0.2) is 4.39 Å². The molecule has 0 amide bonds. The van der Waals surface area contributed by atoms with E-state index in [2.05, 4.69) is 15.6 Å². The molecular weight excluding hydrogens is 235 g/mol. The van der Waals surface area contributed by atoms with Gasteiger partial charge in [0, 0.05) is 18.7 Å². The number of nitrogens with one attached hydrogen (secondary N) is 1. The Balaban J connectivity index is 2.42. The smallest absolute Gasteiger partial charge is 0.132 e. The molecule has 18 heavy (non-hydrogen) atoms. The molecular formula is C12H15FN4O. The van der Waals surface area contributed by atoms with E-state index in [0.717, 1.165) is 5.69 Å². The SMILES string of the molecule is CNC(c1ccc(OC)cc1F)c1cnnn1C. The van der Waals surface area contributed by atoms with Gasteiger partial charge in [0.05, 0.1) is 25.0 Å². The van der Waals surface area contributed by atoms with Gasteiger partial charge in [-0.1, -0.05) is 11.3 Å². The summed E-state index contributed by atoms with van der Waals surface area (Å²) in [7, 11) is 5.05. The fourth-order valence-electron chi connectivity index (χ4n) is 1.89. The number of halogens is 1. The zero-order valence-corrected chi connectivity index (χ0v) is 10.5. The minimum atomic E-state index is -0.324. The van der Waals surface area contributed by atoms with Gasteiger partial charge in [-0.05, 0) is 13.1 Å². The van der Waals surface area contributed by atoms with Crippen molar-refractivity contribution in [1.82, 2.24) is 20.3 Å². The zero-order chi connectivity index (χ0) is 13.1. The fourth-order valence-corrected chi connectivity index (χ4v) is 1.89. The summed E-state index contributed by atoms with van der Waals surface area (Å²) in [5, 5.41) is 10.7. The van der Waals surface area contributed by atoms with Crippen molar-refractivity contribution in [3.63, 3.8) is 0 Å². The van der Waals surface area contributed by atoms with Crippen LogP contribution in [0.25, 0.3) is 0 Å². The second-order valence-electron chi connectivity index (χ2n) is 3.89. The molecule has 6 heteroatoms. The Morgan fingerprint density at radius 2 is 2.22 bits per heavy atom. The molecule has 1 aromatic heterocycles. The van der Waals surface area contributed by atoms with Crippen LogP contribution in [0.1, 0.15) is 17.3 Å². The van der Waals surface area contributed by atoms with Crippen LogP contribution in [0.2, 0.25) is 0 Å². The lowest BCUT2D eigenvalue weighted by molar-refractivity contribution is 0.410. The van der Waals surface area contributed by atoms with Crippen molar-refractivity contribution >= 4 is 0 Å². The summed E-state index contributed by atoms with van der Waals surface area (Å²) in [6.45, 7) is 0. The third kappa shape index (κ3) is 2.19. The Labute approximate surface area is 105 Å². The normalized spacial score (nSPS) is 12.4. The average molecular weight is 250 g/mol. The minimum absolute atomic E-state index is 0.295. The van der Waals surface area contributed by atoms with Gasteiger partial charge < -0.3 is 10.1 Å². The maximum Gasteiger partial charge on any atom is 0.132 e. The molecule has 0 saturated heterocycles. The molecule has 0 saturated carbocycles. The quantitative estimate of drug-likeness (QED) is 0.888. The van der Waals surface area contributed by atoms with E-state index in [1.807, 2.05) is 0 Å². The zero-order valence-electron chi connectivity index (χ0n) is 10.5. The lowest BCUT2D eigenvalue weighted by Crippen LogP contribution is -2.21. The molecule has 2 aromatic rings. The van der Waals surface area contributed by atoms with Crippen LogP contribution < -0.4 is 10.1 Å². The fraction of sp³-hybridized carbons (Fsp3) is 0.333. The summed E-state index contributed by atoms with van der Waals surface area (Å²) in [4.78, 5) is 0. The number of benzene rings is 1. The summed E-state index contributed by atoms with van der Waals surface area (Å²) in [6.07, 6.45) is 1.62. The van der Waals surface area contributed by atoms with Gasteiger partial charge in [-0.3, -0.25) is 4.68 Å². The van der Waals surface area contributed by atoms with Crippen LogP contribution >= 0.6 is 0 Å². The molecule has 1 aromatic carbocycles. The van der Waals surface area contributed by atoms with E-state index in [9.17, 15) is 4.39 Å². The maximum absolute atomic E-state index is 14.0. The molecule has 5 nitrogen and oxygen atoms in total. The number of rotatable bonds is 4. The first kappa shape index (κ1) is 12.5. The van der Waals surface area contributed by atoms with Gasteiger partial charge in [0.2, 0.25) is 0 Å². The third-order valence-electron chi connectivity index (χ3n) is 2.85. The van der Waals surface area contributed by atoms with Gasteiger partial charge in [-0.2, -0.15) is 0 Å². The van der Waals surface area contributed by atoms with E-state index in [4.69, 9.17) is 4.74 Å². The molecule has 0 radical (unpaired) electrons. The molecule has 2 rings (SSSR count). The Hall–Kier alpha value is -1.95. The molecule has 1 N–H and O–H groups in total. The van der Waals surface area contributed by atoms with Crippen molar-refractivity contribution in [2.75, 3.05) is 14.2 Å². The highest BCUT2D eigenvalue weighted by atomic mass is 19.1. The summed E-state index contributed by atoms with van der Waals surface area (Å²) < 4.78 is 20.6. The molecule has 0 fully saturated rings. The molecule has 96 valence electrons. The molecule has 1 unspecified atom stereocenters. The number of hydrogen-bond donors (Lipinski definition) is 1. The largest absolute Gasteiger partial charge is 0.497 e. The first-order chi connectivity index (χ1) is 8.67. The van der Waals surface area contributed by atoms with Gasteiger partial charge in [0.15, 0.2) is 0 Å². The van der Waals surface area contributed by atoms with E-state index in [-0.39, 0.29) is 11.9 Å². The van der Waals surface area contributed by atoms with Crippen LogP contribution in [0.3, 0.4) is 0 Å². The van der Waals surface area contributed by atoms with E-state index in [1.165, 1.54) is 13.2 Å². The third-order valence-corrected chi connectivity index (χ3v) is 2.85. The topological polar surface area (TPSA) is 52.0 Å². The van der Waals surface area contributed by atoms with Crippen molar-refractivity contribution in [2.24, 2.45) is 7.05 Å². The standard InChI is InChI=1S/C12H15FN4O/c1-14-12(11-7-15-16-17(11)2)9-5-4-8(18-3)6-10(9)13/h4-7,12,14H,1-3H3. The molecule has 0 bridgehead atoms. The minimum Gasteiger partial charge on any atom is -0.497 e. The highest BCUT2D eigenvalue weighted by Gasteiger charge is 2.19. The predicted octanol–water partition coefficient (Wildman–Crippen LogP) is 1.27. The second kappa shape index (κ2) is 5.14. The van der Waals surface area contributed by atoms with E-state index < -0.39 is 0 Å². The van der Waals surface area contributed by atoms with Crippen molar-refractivity contribution in [2.45, 2.75) is 6.04 Å². The molecule has 1 atom stereocenters. The van der Waals surface area contributed by atoms with E-state index in [1.54, 1.807) is 37.1 Å².